The summed E-state index contributed by atoms with van der Waals surface area (Å²) >= 11 is 6.10. The first-order chi connectivity index (χ1) is 14.2. The van der Waals surface area contributed by atoms with E-state index in [0.717, 1.165) is 40.3 Å². The standard InChI is InChI=1S/C24H21ClN2O2/c1-2-28-19-12-13-23-20(14-19)22-15-21(16-6-4-3-5-7-16)26-27(22)24(29-23)17-8-10-18(25)11-9-17/h3-14,22,24H,2,15H2,1H3. The summed E-state index contributed by atoms with van der Waals surface area (Å²) in [7, 11) is 0. The highest BCUT2D eigenvalue weighted by atomic mass is 35.5. The fraction of sp³-hybridized carbons (Fsp3) is 0.208. The van der Waals surface area contributed by atoms with E-state index in [1.807, 2.05) is 61.5 Å². The summed E-state index contributed by atoms with van der Waals surface area (Å²) in [4.78, 5) is 0. The van der Waals surface area contributed by atoms with Crippen LogP contribution in [-0.2, 0) is 0 Å². The quantitative estimate of drug-likeness (QED) is 0.536. The van der Waals surface area contributed by atoms with Crippen molar-refractivity contribution < 1.29 is 9.47 Å². The fourth-order valence-corrected chi connectivity index (χ4v) is 4.10. The number of ether oxygens (including phenoxy) is 2. The molecule has 146 valence electrons. The van der Waals surface area contributed by atoms with Crippen LogP contribution in [-0.4, -0.2) is 17.3 Å². The molecule has 0 N–H and O–H groups in total. The van der Waals surface area contributed by atoms with Crippen LogP contribution in [0.3, 0.4) is 0 Å². The molecule has 2 heterocycles. The lowest BCUT2D eigenvalue weighted by Crippen LogP contribution is -2.33. The zero-order valence-corrected chi connectivity index (χ0v) is 16.8. The molecule has 0 spiro atoms. The second-order valence-electron chi connectivity index (χ2n) is 7.17. The van der Waals surface area contributed by atoms with Crippen molar-refractivity contribution >= 4 is 17.3 Å². The van der Waals surface area contributed by atoms with Gasteiger partial charge in [-0.25, -0.2) is 5.01 Å². The number of fused-ring (bicyclic) bond motifs is 3. The number of benzene rings is 3. The molecule has 5 heteroatoms. The average Bonchev–Trinajstić information content (AvgIpc) is 3.21. The van der Waals surface area contributed by atoms with Crippen molar-refractivity contribution in [1.29, 1.82) is 0 Å². The summed E-state index contributed by atoms with van der Waals surface area (Å²) < 4.78 is 12.1. The lowest BCUT2D eigenvalue weighted by molar-refractivity contribution is -0.0191. The highest BCUT2D eigenvalue weighted by Gasteiger charge is 2.41. The molecule has 0 bridgehead atoms. The second-order valence-corrected chi connectivity index (χ2v) is 7.60. The highest BCUT2D eigenvalue weighted by molar-refractivity contribution is 6.30. The molecular weight excluding hydrogens is 384 g/mol. The predicted molar refractivity (Wildman–Crippen MR) is 115 cm³/mol. The fourth-order valence-electron chi connectivity index (χ4n) is 3.97. The Hall–Kier alpha value is -2.98. The molecule has 0 aliphatic carbocycles. The largest absolute Gasteiger partial charge is 0.494 e. The summed E-state index contributed by atoms with van der Waals surface area (Å²) in [5.74, 6) is 1.73. The predicted octanol–water partition coefficient (Wildman–Crippen LogP) is 5.98. The Morgan fingerprint density at radius 2 is 1.86 bits per heavy atom. The van der Waals surface area contributed by atoms with Gasteiger partial charge in [0.25, 0.3) is 0 Å². The first-order valence-electron chi connectivity index (χ1n) is 9.83. The first-order valence-corrected chi connectivity index (χ1v) is 10.2. The van der Waals surface area contributed by atoms with E-state index < -0.39 is 0 Å². The SMILES string of the molecule is CCOc1ccc2c(c1)C1CC(c3ccccc3)=NN1C(c1ccc(Cl)cc1)O2. The van der Waals surface area contributed by atoms with Crippen molar-refractivity contribution in [1.82, 2.24) is 5.01 Å². The number of hydrogen-bond donors (Lipinski definition) is 0. The van der Waals surface area contributed by atoms with Crippen LogP contribution < -0.4 is 9.47 Å². The van der Waals surface area contributed by atoms with E-state index in [1.165, 1.54) is 0 Å². The van der Waals surface area contributed by atoms with E-state index in [1.54, 1.807) is 0 Å². The minimum absolute atomic E-state index is 0.0926. The van der Waals surface area contributed by atoms with Crippen LogP contribution in [0.2, 0.25) is 5.02 Å². The topological polar surface area (TPSA) is 34.1 Å². The molecule has 29 heavy (non-hydrogen) atoms. The summed E-state index contributed by atoms with van der Waals surface area (Å²) in [6.45, 7) is 2.62. The van der Waals surface area contributed by atoms with Gasteiger partial charge < -0.3 is 9.47 Å². The third-order valence-corrected chi connectivity index (χ3v) is 5.59. The van der Waals surface area contributed by atoms with E-state index in [2.05, 4.69) is 23.2 Å². The smallest absolute Gasteiger partial charge is 0.213 e. The van der Waals surface area contributed by atoms with E-state index in [-0.39, 0.29) is 12.3 Å². The molecule has 0 saturated heterocycles. The molecule has 3 aromatic carbocycles. The highest BCUT2D eigenvalue weighted by Crippen LogP contribution is 2.48. The Bertz CT molecular complexity index is 1050. The van der Waals surface area contributed by atoms with Gasteiger partial charge in [-0.3, -0.25) is 0 Å². The molecule has 2 atom stereocenters. The van der Waals surface area contributed by atoms with Crippen LogP contribution in [0.25, 0.3) is 0 Å². The number of nitrogens with zero attached hydrogens (tertiary/aromatic N) is 2. The molecule has 5 rings (SSSR count). The molecule has 2 unspecified atom stereocenters. The maximum Gasteiger partial charge on any atom is 0.213 e. The summed E-state index contributed by atoms with van der Waals surface area (Å²) in [6, 6.07) is 24.2. The van der Waals surface area contributed by atoms with Crippen molar-refractivity contribution in [3.05, 3.63) is 94.5 Å². The lowest BCUT2D eigenvalue weighted by Gasteiger charge is -2.38. The minimum Gasteiger partial charge on any atom is -0.494 e. The van der Waals surface area contributed by atoms with Crippen LogP contribution in [0.15, 0.2) is 77.9 Å². The van der Waals surface area contributed by atoms with Gasteiger partial charge in [0, 0.05) is 22.6 Å². The average molecular weight is 405 g/mol. The van der Waals surface area contributed by atoms with Gasteiger partial charge in [-0.15, -0.1) is 0 Å². The van der Waals surface area contributed by atoms with E-state index in [4.69, 9.17) is 26.2 Å². The molecule has 2 aliphatic heterocycles. The molecule has 0 saturated carbocycles. The number of rotatable bonds is 4. The van der Waals surface area contributed by atoms with E-state index >= 15 is 0 Å². The lowest BCUT2D eigenvalue weighted by atomic mass is 9.95. The maximum absolute atomic E-state index is 6.41. The second kappa shape index (κ2) is 7.45. The zero-order chi connectivity index (χ0) is 19.8. The van der Waals surface area contributed by atoms with Gasteiger partial charge in [0.05, 0.1) is 18.4 Å². The molecule has 0 radical (unpaired) electrons. The van der Waals surface area contributed by atoms with Crippen LogP contribution in [0.5, 0.6) is 11.5 Å². The van der Waals surface area contributed by atoms with Crippen molar-refractivity contribution in [2.75, 3.05) is 6.61 Å². The number of hydrazone groups is 1. The maximum atomic E-state index is 6.41. The van der Waals surface area contributed by atoms with E-state index in [9.17, 15) is 0 Å². The molecule has 0 fully saturated rings. The van der Waals surface area contributed by atoms with Crippen molar-refractivity contribution in [2.45, 2.75) is 25.6 Å². The molecular formula is C24H21ClN2O2. The van der Waals surface area contributed by atoms with Crippen LogP contribution in [0.1, 0.15) is 42.3 Å². The van der Waals surface area contributed by atoms with Crippen molar-refractivity contribution in [3.63, 3.8) is 0 Å². The normalized spacial score (nSPS) is 19.8. The summed E-state index contributed by atoms with van der Waals surface area (Å²) in [5, 5.41) is 7.77. The number of halogens is 1. The zero-order valence-electron chi connectivity index (χ0n) is 16.1. The summed E-state index contributed by atoms with van der Waals surface area (Å²) in [6.07, 6.45) is 0.518. The molecule has 3 aromatic rings. The van der Waals surface area contributed by atoms with Gasteiger partial charge in [0.2, 0.25) is 6.23 Å². The Kier molecular flexibility index (Phi) is 4.64. The third-order valence-electron chi connectivity index (χ3n) is 5.33. The number of hydrogen-bond acceptors (Lipinski definition) is 4. The van der Waals surface area contributed by atoms with Gasteiger partial charge in [-0.2, -0.15) is 5.10 Å². The third kappa shape index (κ3) is 3.34. The van der Waals surface area contributed by atoms with Gasteiger partial charge in [0.15, 0.2) is 0 Å². The van der Waals surface area contributed by atoms with Crippen LogP contribution in [0, 0.1) is 0 Å². The Labute approximate surface area is 175 Å². The minimum atomic E-state index is -0.302. The first kappa shape index (κ1) is 18.1. The Morgan fingerprint density at radius 3 is 2.62 bits per heavy atom. The Morgan fingerprint density at radius 1 is 1.07 bits per heavy atom. The molecule has 0 aromatic heterocycles. The monoisotopic (exact) mass is 404 g/mol. The van der Waals surface area contributed by atoms with Crippen molar-refractivity contribution in [2.24, 2.45) is 5.10 Å². The molecule has 0 amide bonds. The van der Waals surface area contributed by atoms with Gasteiger partial charge >= 0.3 is 0 Å². The van der Waals surface area contributed by atoms with Gasteiger partial charge in [-0.1, -0.05) is 54.1 Å². The van der Waals surface area contributed by atoms with Crippen LogP contribution >= 0.6 is 11.6 Å². The van der Waals surface area contributed by atoms with Gasteiger partial charge in [0.1, 0.15) is 11.5 Å². The van der Waals surface area contributed by atoms with Gasteiger partial charge in [-0.05, 0) is 42.8 Å². The van der Waals surface area contributed by atoms with Crippen LogP contribution in [0.4, 0.5) is 0 Å². The molecule has 2 aliphatic rings. The molecule has 4 nitrogen and oxygen atoms in total. The van der Waals surface area contributed by atoms with Crippen molar-refractivity contribution in [3.8, 4) is 11.5 Å². The summed E-state index contributed by atoms with van der Waals surface area (Å²) in [5.41, 5.74) is 4.33. The van der Waals surface area contributed by atoms with E-state index in [0.29, 0.717) is 11.6 Å². The Balaban J connectivity index is 1.58.